The molecule has 2 N–H and O–H groups in total. The summed E-state index contributed by atoms with van der Waals surface area (Å²) in [5, 5.41) is 6.41. The summed E-state index contributed by atoms with van der Waals surface area (Å²) in [6.45, 7) is -2.72. The molecule has 0 bridgehead atoms. The van der Waals surface area contributed by atoms with Crippen molar-refractivity contribution >= 4 is 34.2 Å². The number of nitrogens with one attached hydrogen (secondary N) is 2. The van der Waals surface area contributed by atoms with Gasteiger partial charge in [0.15, 0.2) is 5.75 Å². The number of carbonyl (C=O) groups is 1. The smallest absolute Gasteiger partial charge is 0.387 e. The molecule has 3 rings (SSSR count). The molecule has 134 valence electrons. The van der Waals surface area contributed by atoms with Crippen LogP contribution in [-0.2, 0) is 6.54 Å². The second-order valence-electron chi connectivity index (χ2n) is 5.29. The zero-order valence-electron chi connectivity index (χ0n) is 13.4. The molecule has 1 heterocycles. The lowest BCUT2D eigenvalue weighted by molar-refractivity contribution is -0.0489. The van der Waals surface area contributed by atoms with Crippen LogP contribution in [0.2, 0.25) is 5.02 Å². The number of fused-ring (bicyclic) bond motifs is 1. The van der Waals surface area contributed by atoms with E-state index in [-0.39, 0.29) is 17.8 Å². The van der Waals surface area contributed by atoms with Crippen LogP contribution in [0.4, 0.5) is 19.3 Å². The minimum absolute atomic E-state index is 0.0578. The topological polar surface area (TPSA) is 63.2 Å². The Morgan fingerprint density at radius 3 is 2.73 bits per heavy atom. The molecule has 0 fully saturated rings. The highest BCUT2D eigenvalue weighted by Crippen LogP contribution is 2.30. The highest BCUT2D eigenvalue weighted by Gasteiger charge is 2.13. The summed E-state index contributed by atoms with van der Waals surface area (Å²) >= 11 is 6.05. The SMILES string of the molecule is O=C(NCc1ccccc1Cl)Nc1ccc(OC(F)F)c2ncccc12. The lowest BCUT2D eigenvalue weighted by atomic mass is 10.1. The van der Waals surface area contributed by atoms with E-state index in [2.05, 4.69) is 20.4 Å². The van der Waals surface area contributed by atoms with Gasteiger partial charge in [0.05, 0.1) is 5.69 Å². The van der Waals surface area contributed by atoms with Crippen molar-refractivity contribution in [3.63, 3.8) is 0 Å². The van der Waals surface area contributed by atoms with E-state index in [1.165, 1.54) is 18.3 Å². The van der Waals surface area contributed by atoms with E-state index in [1.54, 1.807) is 30.3 Å². The second-order valence-corrected chi connectivity index (χ2v) is 5.70. The van der Waals surface area contributed by atoms with Gasteiger partial charge in [-0.2, -0.15) is 8.78 Å². The van der Waals surface area contributed by atoms with Crippen molar-refractivity contribution in [1.29, 1.82) is 0 Å². The molecule has 5 nitrogen and oxygen atoms in total. The van der Waals surface area contributed by atoms with Crippen LogP contribution >= 0.6 is 11.6 Å². The largest absolute Gasteiger partial charge is 0.432 e. The molecule has 0 aliphatic carbocycles. The molecule has 8 heteroatoms. The number of urea groups is 1. The van der Waals surface area contributed by atoms with E-state index >= 15 is 0 Å². The van der Waals surface area contributed by atoms with Crippen LogP contribution in [0.5, 0.6) is 5.75 Å². The van der Waals surface area contributed by atoms with Gasteiger partial charge in [-0.1, -0.05) is 29.8 Å². The van der Waals surface area contributed by atoms with Crippen molar-refractivity contribution in [1.82, 2.24) is 10.3 Å². The molecule has 0 unspecified atom stereocenters. The number of carbonyl (C=O) groups excluding carboxylic acids is 1. The Hall–Kier alpha value is -2.93. The number of aromatic nitrogens is 1. The summed E-state index contributed by atoms with van der Waals surface area (Å²) in [6, 6.07) is 12.8. The summed E-state index contributed by atoms with van der Waals surface area (Å²) in [5.41, 5.74) is 1.43. The molecular formula is C18H14ClF2N3O2. The van der Waals surface area contributed by atoms with Crippen molar-refractivity contribution < 1.29 is 18.3 Å². The average molecular weight is 378 g/mol. The molecule has 0 spiro atoms. The zero-order valence-corrected chi connectivity index (χ0v) is 14.1. The first kappa shape index (κ1) is 17.9. The van der Waals surface area contributed by atoms with Crippen molar-refractivity contribution in [3.05, 3.63) is 65.3 Å². The van der Waals surface area contributed by atoms with E-state index < -0.39 is 12.6 Å². The molecule has 26 heavy (non-hydrogen) atoms. The van der Waals surface area contributed by atoms with Gasteiger partial charge in [0.25, 0.3) is 0 Å². The summed E-state index contributed by atoms with van der Waals surface area (Å²) in [7, 11) is 0. The molecule has 0 atom stereocenters. The first-order valence-electron chi connectivity index (χ1n) is 7.65. The van der Waals surface area contributed by atoms with Gasteiger partial charge in [0.2, 0.25) is 0 Å². The fraction of sp³-hybridized carbons (Fsp3) is 0.111. The third-order valence-electron chi connectivity index (χ3n) is 3.59. The third-order valence-corrected chi connectivity index (χ3v) is 3.96. The van der Waals surface area contributed by atoms with E-state index in [0.717, 1.165) is 5.56 Å². The van der Waals surface area contributed by atoms with Gasteiger partial charge < -0.3 is 15.4 Å². The molecule has 2 aromatic carbocycles. The molecule has 0 radical (unpaired) electrons. The Balaban J connectivity index is 1.76. The lowest BCUT2D eigenvalue weighted by Gasteiger charge is -2.13. The standard InChI is InChI=1S/C18H14ClF2N3O2/c19-13-6-2-1-4-11(13)10-23-18(25)24-14-7-8-15(26-17(20)21)16-12(14)5-3-9-22-16/h1-9,17H,10H2,(H2,23,24,25). The number of ether oxygens (including phenoxy) is 1. The van der Waals surface area contributed by atoms with Gasteiger partial charge in [-0.25, -0.2) is 4.79 Å². The van der Waals surface area contributed by atoms with E-state index in [4.69, 9.17) is 11.6 Å². The minimum Gasteiger partial charge on any atom is -0.432 e. The Kier molecular flexibility index (Phi) is 5.48. The first-order chi connectivity index (χ1) is 12.5. The lowest BCUT2D eigenvalue weighted by Crippen LogP contribution is -2.28. The summed E-state index contributed by atoms with van der Waals surface area (Å²) in [6.07, 6.45) is 1.46. The molecule has 0 saturated heterocycles. The maximum Gasteiger partial charge on any atom is 0.387 e. The van der Waals surface area contributed by atoms with E-state index in [9.17, 15) is 13.6 Å². The molecule has 3 aromatic rings. The van der Waals surface area contributed by atoms with Crippen LogP contribution in [0.1, 0.15) is 5.56 Å². The Labute approximate surface area is 152 Å². The summed E-state index contributed by atoms with van der Waals surface area (Å²) < 4.78 is 29.5. The van der Waals surface area contributed by atoms with Crippen LogP contribution in [0.15, 0.2) is 54.7 Å². The predicted octanol–water partition coefficient (Wildman–Crippen LogP) is 4.81. The Morgan fingerprint density at radius 2 is 1.96 bits per heavy atom. The third kappa shape index (κ3) is 4.18. The zero-order chi connectivity index (χ0) is 18.5. The van der Waals surface area contributed by atoms with Crippen molar-refractivity contribution in [2.45, 2.75) is 13.2 Å². The van der Waals surface area contributed by atoms with Crippen molar-refractivity contribution in [2.75, 3.05) is 5.32 Å². The number of benzene rings is 2. The molecule has 2 amide bonds. The Bertz CT molecular complexity index is 937. The maximum absolute atomic E-state index is 12.5. The van der Waals surface area contributed by atoms with E-state index in [1.807, 2.05) is 6.07 Å². The van der Waals surface area contributed by atoms with Crippen LogP contribution in [0.3, 0.4) is 0 Å². The Morgan fingerprint density at radius 1 is 1.15 bits per heavy atom. The molecule has 1 aromatic heterocycles. The molecular weight excluding hydrogens is 364 g/mol. The van der Waals surface area contributed by atoms with Crippen LogP contribution < -0.4 is 15.4 Å². The van der Waals surface area contributed by atoms with Crippen LogP contribution in [-0.4, -0.2) is 17.6 Å². The van der Waals surface area contributed by atoms with Gasteiger partial charge in [0, 0.05) is 23.2 Å². The number of hydrogen-bond acceptors (Lipinski definition) is 3. The van der Waals surface area contributed by atoms with Gasteiger partial charge in [-0.05, 0) is 35.9 Å². The van der Waals surface area contributed by atoms with E-state index in [0.29, 0.717) is 16.1 Å². The number of halogens is 3. The number of alkyl halides is 2. The van der Waals surface area contributed by atoms with Gasteiger partial charge in [0.1, 0.15) is 5.52 Å². The van der Waals surface area contributed by atoms with Gasteiger partial charge >= 0.3 is 12.6 Å². The van der Waals surface area contributed by atoms with Gasteiger partial charge in [-0.15, -0.1) is 0 Å². The molecule has 0 aliphatic rings. The maximum atomic E-state index is 12.5. The average Bonchev–Trinajstić information content (AvgIpc) is 2.63. The molecule has 0 saturated carbocycles. The summed E-state index contributed by atoms with van der Waals surface area (Å²) in [5.74, 6) is -0.0578. The second kappa shape index (κ2) is 7.97. The fourth-order valence-electron chi connectivity index (χ4n) is 2.43. The fourth-order valence-corrected chi connectivity index (χ4v) is 2.63. The monoisotopic (exact) mass is 377 g/mol. The van der Waals surface area contributed by atoms with Gasteiger partial charge in [-0.3, -0.25) is 4.98 Å². The normalized spacial score (nSPS) is 10.8. The highest BCUT2D eigenvalue weighted by molar-refractivity contribution is 6.31. The number of pyridine rings is 1. The number of anilines is 1. The number of amides is 2. The van der Waals surface area contributed by atoms with Crippen LogP contribution in [0, 0.1) is 0 Å². The minimum atomic E-state index is -2.96. The van der Waals surface area contributed by atoms with Crippen molar-refractivity contribution in [2.24, 2.45) is 0 Å². The first-order valence-corrected chi connectivity index (χ1v) is 8.03. The van der Waals surface area contributed by atoms with Crippen LogP contribution in [0.25, 0.3) is 10.9 Å². The molecule has 0 aliphatic heterocycles. The number of nitrogens with zero attached hydrogens (tertiary/aromatic N) is 1. The quantitative estimate of drug-likeness (QED) is 0.670. The predicted molar refractivity (Wildman–Crippen MR) is 95.7 cm³/mol. The number of hydrogen-bond donors (Lipinski definition) is 2. The number of rotatable bonds is 5. The highest BCUT2D eigenvalue weighted by atomic mass is 35.5. The van der Waals surface area contributed by atoms with Crippen molar-refractivity contribution in [3.8, 4) is 5.75 Å². The summed E-state index contributed by atoms with van der Waals surface area (Å²) in [4.78, 5) is 16.2.